The summed E-state index contributed by atoms with van der Waals surface area (Å²) >= 11 is 9.63. The molecule has 1 aliphatic rings. The van der Waals surface area contributed by atoms with E-state index < -0.39 is 0 Å². The molecule has 0 radical (unpaired) electrons. The molecule has 72 valence electrons. The molecule has 0 amide bonds. The number of halogens is 2. The minimum Gasteiger partial charge on any atom is -0.0847 e. The van der Waals surface area contributed by atoms with Crippen LogP contribution in [0.4, 0.5) is 0 Å². The second-order valence-corrected chi connectivity index (χ2v) is 5.21. The van der Waals surface area contributed by atoms with Gasteiger partial charge in [0.1, 0.15) is 0 Å². The van der Waals surface area contributed by atoms with Gasteiger partial charge >= 0.3 is 0 Å². The first-order valence-corrected chi connectivity index (χ1v) is 5.67. The van der Waals surface area contributed by atoms with Gasteiger partial charge in [0, 0.05) is 5.03 Å². The van der Waals surface area contributed by atoms with Crippen molar-refractivity contribution in [1.29, 1.82) is 0 Å². The van der Waals surface area contributed by atoms with E-state index in [2.05, 4.69) is 34.1 Å². The number of hydrogen-bond donors (Lipinski definition) is 0. The van der Waals surface area contributed by atoms with Crippen molar-refractivity contribution in [1.82, 2.24) is 0 Å². The van der Waals surface area contributed by atoms with Crippen LogP contribution in [0.5, 0.6) is 0 Å². The normalized spacial score (nSPS) is 26.0. The van der Waals surface area contributed by atoms with Crippen molar-refractivity contribution < 1.29 is 0 Å². The zero-order chi connectivity index (χ0) is 10.0. The highest BCUT2D eigenvalue weighted by Gasteiger charge is 2.26. The van der Waals surface area contributed by atoms with Crippen LogP contribution in [0, 0.1) is 0 Å². The maximum atomic E-state index is 5.88. The molecule has 0 saturated carbocycles. The predicted molar refractivity (Wildman–Crippen MR) is 64.7 cm³/mol. The highest BCUT2D eigenvalue weighted by Crippen LogP contribution is 2.40. The Kier molecular flexibility index (Phi) is 2.80. The van der Waals surface area contributed by atoms with E-state index in [4.69, 9.17) is 11.6 Å². The Balaban J connectivity index is 2.32. The maximum absolute atomic E-state index is 5.88. The molecule has 0 aliphatic heterocycles. The first kappa shape index (κ1) is 10.0. The molecular weight excluding hydrogens is 259 g/mol. The number of rotatable bonds is 1. The van der Waals surface area contributed by atoms with Gasteiger partial charge in [0.2, 0.25) is 0 Å². The van der Waals surface area contributed by atoms with E-state index in [-0.39, 0.29) is 4.32 Å². The van der Waals surface area contributed by atoms with Crippen LogP contribution in [-0.2, 0) is 4.32 Å². The second kappa shape index (κ2) is 3.92. The summed E-state index contributed by atoms with van der Waals surface area (Å²) in [6, 6.07) is 10.4. The average molecular weight is 270 g/mol. The number of alkyl halides is 1. The maximum Gasteiger partial charge on any atom is 0.0724 e. The van der Waals surface area contributed by atoms with Gasteiger partial charge in [-0.25, -0.2) is 0 Å². The Morgan fingerprint density at radius 3 is 2.50 bits per heavy atom. The van der Waals surface area contributed by atoms with Gasteiger partial charge in [-0.3, -0.25) is 0 Å². The quantitative estimate of drug-likeness (QED) is 0.665. The summed E-state index contributed by atoms with van der Waals surface area (Å²) in [6.45, 7) is 0. The molecule has 2 rings (SSSR count). The summed E-state index contributed by atoms with van der Waals surface area (Å²) < 4.78 is -0.0767. The van der Waals surface area contributed by atoms with E-state index in [0.29, 0.717) is 0 Å². The smallest absolute Gasteiger partial charge is 0.0724 e. The van der Waals surface area contributed by atoms with Crippen LogP contribution in [0.15, 0.2) is 53.6 Å². The van der Waals surface area contributed by atoms with Gasteiger partial charge in [-0.1, -0.05) is 70.0 Å². The first-order chi connectivity index (χ1) is 6.71. The van der Waals surface area contributed by atoms with Crippen LogP contribution in [0.2, 0.25) is 0 Å². The van der Waals surface area contributed by atoms with Crippen molar-refractivity contribution in [3.8, 4) is 0 Å². The zero-order valence-corrected chi connectivity index (χ0v) is 9.92. The second-order valence-electron chi connectivity index (χ2n) is 3.35. The predicted octanol–water partition coefficient (Wildman–Crippen LogP) is 4.36. The van der Waals surface area contributed by atoms with Crippen molar-refractivity contribution in [2.24, 2.45) is 0 Å². The molecule has 1 aliphatic carbocycles. The average Bonchev–Trinajstić information content (AvgIpc) is 2.24. The van der Waals surface area contributed by atoms with Crippen LogP contribution < -0.4 is 0 Å². The fourth-order valence-corrected chi connectivity index (χ4v) is 2.22. The minimum atomic E-state index is -0.0767. The van der Waals surface area contributed by atoms with E-state index in [1.165, 1.54) is 5.56 Å². The molecule has 2 heteroatoms. The lowest BCUT2D eigenvalue weighted by atomic mass is 9.92. The van der Waals surface area contributed by atoms with Gasteiger partial charge in [0.15, 0.2) is 0 Å². The summed E-state index contributed by atoms with van der Waals surface area (Å²) in [7, 11) is 0. The Hall–Kier alpha value is -0.530. The van der Waals surface area contributed by atoms with E-state index in [1.54, 1.807) is 0 Å². The summed E-state index contributed by atoms with van der Waals surface area (Å²) in [5.41, 5.74) is 1.26. The molecule has 1 aromatic rings. The lowest BCUT2D eigenvalue weighted by molar-refractivity contribution is 0.795. The highest BCUT2D eigenvalue weighted by atomic mass is 79.9. The third-order valence-corrected chi connectivity index (χ3v) is 3.68. The van der Waals surface area contributed by atoms with Crippen LogP contribution in [0.1, 0.15) is 12.0 Å². The largest absolute Gasteiger partial charge is 0.0847 e. The van der Waals surface area contributed by atoms with Gasteiger partial charge < -0.3 is 0 Å². The van der Waals surface area contributed by atoms with Crippen LogP contribution >= 0.6 is 27.5 Å². The number of benzene rings is 1. The Bertz CT molecular complexity index is 381. The number of hydrogen-bond acceptors (Lipinski definition) is 0. The molecule has 0 fully saturated rings. The molecule has 0 heterocycles. The van der Waals surface area contributed by atoms with Crippen molar-refractivity contribution >= 4 is 27.5 Å². The van der Waals surface area contributed by atoms with Crippen molar-refractivity contribution in [2.45, 2.75) is 10.7 Å². The van der Waals surface area contributed by atoms with Gasteiger partial charge in [0.05, 0.1) is 4.32 Å². The SMILES string of the molecule is ClC1=CCC(Br)(c2ccccc2)C=C1. The van der Waals surface area contributed by atoms with Crippen LogP contribution in [0.3, 0.4) is 0 Å². The van der Waals surface area contributed by atoms with Gasteiger partial charge in [0.25, 0.3) is 0 Å². The van der Waals surface area contributed by atoms with Gasteiger partial charge in [-0.2, -0.15) is 0 Å². The van der Waals surface area contributed by atoms with Crippen molar-refractivity contribution in [2.75, 3.05) is 0 Å². The molecule has 0 spiro atoms. The molecule has 1 unspecified atom stereocenters. The van der Waals surface area contributed by atoms with Crippen molar-refractivity contribution in [3.63, 3.8) is 0 Å². The lowest BCUT2D eigenvalue weighted by Crippen LogP contribution is -2.15. The molecule has 0 bridgehead atoms. The van der Waals surface area contributed by atoms with Crippen molar-refractivity contribution in [3.05, 3.63) is 59.2 Å². The fraction of sp³-hybridized carbons (Fsp3) is 0.167. The standard InChI is InChI=1S/C12H10BrCl/c13-12(8-6-11(14)7-9-12)10-4-2-1-3-5-10/h1-8H,9H2. The molecule has 1 aromatic carbocycles. The van der Waals surface area contributed by atoms with Gasteiger partial charge in [-0.05, 0) is 18.1 Å². The lowest BCUT2D eigenvalue weighted by Gasteiger charge is -2.25. The summed E-state index contributed by atoms with van der Waals surface area (Å²) in [5.74, 6) is 0. The number of allylic oxidation sites excluding steroid dienone is 4. The Morgan fingerprint density at radius 2 is 1.93 bits per heavy atom. The highest BCUT2D eigenvalue weighted by molar-refractivity contribution is 9.09. The fourth-order valence-electron chi connectivity index (χ4n) is 1.52. The van der Waals surface area contributed by atoms with E-state index in [9.17, 15) is 0 Å². The molecule has 0 N–H and O–H groups in total. The van der Waals surface area contributed by atoms with E-state index >= 15 is 0 Å². The monoisotopic (exact) mass is 268 g/mol. The Morgan fingerprint density at radius 1 is 1.21 bits per heavy atom. The van der Waals surface area contributed by atoms with Crippen LogP contribution in [-0.4, -0.2) is 0 Å². The molecule has 0 nitrogen and oxygen atoms in total. The molecule has 0 saturated heterocycles. The minimum absolute atomic E-state index is 0.0767. The van der Waals surface area contributed by atoms with Crippen LogP contribution in [0.25, 0.3) is 0 Å². The molecule has 14 heavy (non-hydrogen) atoms. The zero-order valence-electron chi connectivity index (χ0n) is 7.58. The molecule has 0 aromatic heterocycles. The summed E-state index contributed by atoms with van der Waals surface area (Å²) in [4.78, 5) is 0. The summed E-state index contributed by atoms with van der Waals surface area (Å²) in [5, 5.41) is 0.816. The third-order valence-electron chi connectivity index (χ3n) is 2.35. The molecule has 1 atom stereocenters. The first-order valence-electron chi connectivity index (χ1n) is 4.50. The summed E-state index contributed by atoms with van der Waals surface area (Å²) in [6.07, 6.45) is 6.97. The van der Waals surface area contributed by atoms with Gasteiger partial charge in [-0.15, -0.1) is 0 Å². The topological polar surface area (TPSA) is 0 Å². The third kappa shape index (κ3) is 1.94. The Labute approximate surface area is 97.4 Å². The molecular formula is C12H10BrCl. The van der Waals surface area contributed by atoms with E-state index in [0.717, 1.165) is 11.5 Å². The van der Waals surface area contributed by atoms with E-state index in [1.807, 2.05) is 30.4 Å².